The minimum Gasteiger partial charge on any atom is -0.334 e. The maximum atomic E-state index is 13.8. The number of nitrogens with zero attached hydrogens (tertiary/aromatic N) is 2. The van der Waals surface area contributed by atoms with Gasteiger partial charge in [0.05, 0.1) is 21.6 Å². The molecule has 0 aliphatic heterocycles. The molecule has 1 amide bonds. The van der Waals surface area contributed by atoms with E-state index in [0.29, 0.717) is 16.7 Å². The van der Waals surface area contributed by atoms with Gasteiger partial charge in [-0.05, 0) is 63.3 Å². The van der Waals surface area contributed by atoms with Crippen molar-refractivity contribution < 1.29 is 9.18 Å². The quantitative estimate of drug-likeness (QED) is 0.819. The van der Waals surface area contributed by atoms with Gasteiger partial charge in [0.1, 0.15) is 5.82 Å². The van der Waals surface area contributed by atoms with Crippen molar-refractivity contribution in [2.24, 2.45) is 0 Å². The van der Waals surface area contributed by atoms with Crippen LogP contribution in [0.5, 0.6) is 0 Å². The number of halogens is 1. The zero-order valence-electron chi connectivity index (χ0n) is 13.9. The standard InChI is InChI=1S/C18H21FN2OS/c1-10-8-13(9-11(2)16(10)19)18(22)21(4)15-7-5-6-14-17(15)23-12(3)20-14/h8-9,15H,5-7H2,1-4H3. The van der Waals surface area contributed by atoms with Gasteiger partial charge in [-0.25, -0.2) is 9.37 Å². The van der Waals surface area contributed by atoms with Gasteiger partial charge >= 0.3 is 0 Å². The Bertz CT molecular complexity index is 745. The monoisotopic (exact) mass is 332 g/mol. The Balaban J connectivity index is 1.92. The molecular weight excluding hydrogens is 311 g/mol. The number of thiazole rings is 1. The van der Waals surface area contributed by atoms with Crippen LogP contribution in [-0.4, -0.2) is 22.8 Å². The zero-order chi connectivity index (χ0) is 16.7. The van der Waals surface area contributed by atoms with Crippen molar-refractivity contribution in [1.29, 1.82) is 0 Å². The number of hydrogen-bond donors (Lipinski definition) is 0. The van der Waals surface area contributed by atoms with Crippen molar-refractivity contribution in [2.75, 3.05) is 7.05 Å². The number of carbonyl (C=O) groups is 1. The van der Waals surface area contributed by atoms with Gasteiger partial charge in [-0.15, -0.1) is 11.3 Å². The lowest BCUT2D eigenvalue weighted by atomic mass is 9.96. The average molecular weight is 332 g/mol. The van der Waals surface area contributed by atoms with Crippen molar-refractivity contribution in [3.05, 3.63) is 50.2 Å². The summed E-state index contributed by atoms with van der Waals surface area (Å²) >= 11 is 1.68. The fourth-order valence-electron chi connectivity index (χ4n) is 3.30. The molecule has 1 aromatic heterocycles. The van der Waals surface area contributed by atoms with Gasteiger partial charge in [-0.3, -0.25) is 4.79 Å². The molecule has 3 nitrogen and oxygen atoms in total. The van der Waals surface area contributed by atoms with E-state index in [2.05, 4.69) is 4.98 Å². The molecule has 0 bridgehead atoms. The Morgan fingerprint density at radius 3 is 2.61 bits per heavy atom. The molecule has 1 unspecified atom stereocenters. The van der Waals surface area contributed by atoms with Crippen LogP contribution in [-0.2, 0) is 6.42 Å². The Hall–Kier alpha value is -1.75. The van der Waals surface area contributed by atoms with Crippen LogP contribution in [0.15, 0.2) is 12.1 Å². The summed E-state index contributed by atoms with van der Waals surface area (Å²) < 4.78 is 13.8. The van der Waals surface area contributed by atoms with Crippen LogP contribution in [0.2, 0.25) is 0 Å². The van der Waals surface area contributed by atoms with Crippen LogP contribution in [0.1, 0.15) is 55.9 Å². The molecule has 1 heterocycles. The van der Waals surface area contributed by atoms with Gasteiger partial charge in [-0.2, -0.15) is 0 Å². The molecule has 0 N–H and O–H groups in total. The summed E-state index contributed by atoms with van der Waals surface area (Å²) in [5, 5.41) is 1.05. The molecule has 0 fully saturated rings. The number of rotatable bonds is 2. The third-order valence-electron chi connectivity index (χ3n) is 4.50. The van der Waals surface area contributed by atoms with Crippen LogP contribution in [0.3, 0.4) is 0 Å². The van der Waals surface area contributed by atoms with Crippen molar-refractivity contribution in [3.63, 3.8) is 0 Å². The molecule has 1 aliphatic carbocycles. The van der Waals surface area contributed by atoms with E-state index in [1.54, 1.807) is 42.2 Å². The molecule has 5 heteroatoms. The second-order valence-electron chi connectivity index (χ2n) is 6.29. The van der Waals surface area contributed by atoms with Gasteiger partial charge in [-0.1, -0.05) is 0 Å². The van der Waals surface area contributed by atoms with Crippen molar-refractivity contribution in [2.45, 2.75) is 46.1 Å². The van der Waals surface area contributed by atoms with E-state index in [4.69, 9.17) is 0 Å². The third-order valence-corrected chi connectivity index (χ3v) is 5.61. The van der Waals surface area contributed by atoms with E-state index in [0.717, 1.165) is 30.0 Å². The minimum atomic E-state index is -0.234. The maximum Gasteiger partial charge on any atom is 0.254 e. The van der Waals surface area contributed by atoms with Crippen LogP contribution in [0, 0.1) is 26.6 Å². The summed E-state index contributed by atoms with van der Waals surface area (Å²) in [4.78, 5) is 20.5. The van der Waals surface area contributed by atoms with Crippen molar-refractivity contribution in [3.8, 4) is 0 Å². The molecule has 1 aromatic carbocycles. The van der Waals surface area contributed by atoms with Gasteiger partial charge in [0, 0.05) is 12.6 Å². The Labute approximate surface area is 140 Å². The highest BCUT2D eigenvalue weighted by Crippen LogP contribution is 2.37. The van der Waals surface area contributed by atoms with Gasteiger partial charge in [0.15, 0.2) is 0 Å². The summed E-state index contributed by atoms with van der Waals surface area (Å²) in [6.07, 6.45) is 2.99. The maximum absolute atomic E-state index is 13.8. The second-order valence-corrected chi connectivity index (χ2v) is 7.53. The van der Waals surface area contributed by atoms with Crippen LogP contribution >= 0.6 is 11.3 Å². The van der Waals surface area contributed by atoms with Crippen LogP contribution in [0.4, 0.5) is 4.39 Å². The summed E-state index contributed by atoms with van der Waals surface area (Å²) in [5.41, 5.74) is 2.71. The Kier molecular flexibility index (Phi) is 4.23. The van der Waals surface area contributed by atoms with E-state index < -0.39 is 0 Å². The molecule has 0 radical (unpaired) electrons. The fraction of sp³-hybridized carbons (Fsp3) is 0.444. The second kappa shape index (κ2) is 6.04. The number of fused-ring (bicyclic) bond motifs is 1. The number of hydrogen-bond acceptors (Lipinski definition) is 3. The summed E-state index contributed by atoms with van der Waals surface area (Å²) in [5.74, 6) is -0.289. The first-order valence-electron chi connectivity index (χ1n) is 7.88. The van der Waals surface area contributed by atoms with Gasteiger partial charge in [0.2, 0.25) is 0 Å². The summed E-state index contributed by atoms with van der Waals surface area (Å²) in [7, 11) is 1.84. The number of aromatic nitrogens is 1. The largest absolute Gasteiger partial charge is 0.334 e. The molecule has 3 rings (SSSR count). The SMILES string of the molecule is Cc1nc2c(s1)C(N(C)C(=O)c1cc(C)c(F)c(C)c1)CCC2. The Morgan fingerprint density at radius 2 is 1.96 bits per heavy atom. The molecule has 23 heavy (non-hydrogen) atoms. The van der Waals surface area contributed by atoms with Crippen molar-refractivity contribution >= 4 is 17.2 Å². The van der Waals surface area contributed by atoms with Crippen LogP contribution < -0.4 is 0 Å². The number of amides is 1. The van der Waals surface area contributed by atoms with E-state index in [9.17, 15) is 9.18 Å². The molecule has 0 spiro atoms. The van der Waals surface area contributed by atoms with Gasteiger partial charge < -0.3 is 4.90 Å². The van der Waals surface area contributed by atoms with E-state index >= 15 is 0 Å². The van der Waals surface area contributed by atoms with Gasteiger partial charge in [0.25, 0.3) is 5.91 Å². The summed E-state index contributed by atoms with van der Waals surface area (Å²) in [6, 6.07) is 3.36. The molecule has 1 aliphatic rings. The summed E-state index contributed by atoms with van der Waals surface area (Å²) in [6.45, 7) is 5.41. The molecule has 1 atom stereocenters. The lowest BCUT2D eigenvalue weighted by Gasteiger charge is -2.31. The molecule has 122 valence electrons. The smallest absolute Gasteiger partial charge is 0.254 e. The first kappa shape index (κ1) is 16.1. The first-order valence-corrected chi connectivity index (χ1v) is 8.70. The fourth-order valence-corrected chi connectivity index (χ4v) is 4.46. The lowest BCUT2D eigenvalue weighted by Crippen LogP contribution is -2.33. The first-order chi connectivity index (χ1) is 10.9. The predicted molar refractivity (Wildman–Crippen MR) is 90.5 cm³/mol. The normalized spacial score (nSPS) is 17.0. The average Bonchev–Trinajstić information content (AvgIpc) is 2.90. The molecule has 0 saturated heterocycles. The third kappa shape index (κ3) is 2.90. The minimum absolute atomic E-state index is 0.0555. The topological polar surface area (TPSA) is 33.2 Å². The zero-order valence-corrected chi connectivity index (χ0v) is 14.8. The predicted octanol–water partition coefficient (Wildman–Crippen LogP) is 4.36. The lowest BCUT2D eigenvalue weighted by molar-refractivity contribution is 0.0717. The number of carbonyl (C=O) groups excluding carboxylic acids is 1. The van der Waals surface area contributed by atoms with E-state index in [-0.39, 0.29) is 17.8 Å². The number of aryl methyl sites for hydroxylation is 4. The molecule has 2 aromatic rings. The highest BCUT2D eigenvalue weighted by atomic mass is 32.1. The molecule has 0 saturated carbocycles. The van der Waals surface area contributed by atoms with E-state index in [1.807, 2.05) is 14.0 Å². The highest BCUT2D eigenvalue weighted by molar-refractivity contribution is 7.11. The van der Waals surface area contributed by atoms with Crippen LogP contribution in [0.25, 0.3) is 0 Å². The van der Waals surface area contributed by atoms with Crippen molar-refractivity contribution in [1.82, 2.24) is 9.88 Å². The Morgan fingerprint density at radius 1 is 1.30 bits per heavy atom. The molecular formula is C18H21FN2OS. The number of benzene rings is 1. The highest BCUT2D eigenvalue weighted by Gasteiger charge is 2.30. The van der Waals surface area contributed by atoms with E-state index in [1.165, 1.54) is 4.88 Å².